The second-order valence-electron chi connectivity index (χ2n) is 3.36. The first-order valence-electron chi connectivity index (χ1n) is 4.41. The smallest absolute Gasteiger partial charge is 0.238 e. The van der Waals surface area contributed by atoms with E-state index in [0.29, 0.717) is 0 Å². The van der Waals surface area contributed by atoms with Crippen molar-refractivity contribution in [3.05, 3.63) is 0 Å². The highest BCUT2D eigenvalue weighted by molar-refractivity contribution is 9.10. The third-order valence-electron chi connectivity index (χ3n) is 1.67. The number of hydrogen-bond acceptors (Lipinski definition) is 1. The van der Waals surface area contributed by atoms with E-state index < -0.39 is 4.32 Å². The molecule has 0 heterocycles. The Morgan fingerprint density at radius 3 is 2.17 bits per heavy atom. The van der Waals surface area contributed by atoms with Gasteiger partial charge in [0.2, 0.25) is 5.91 Å². The number of nitrogens with zero attached hydrogens (tertiary/aromatic N) is 1. The number of rotatable bonds is 4. The summed E-state index contributed by atoms with van der Waals surface area (Å²) in [6, 6.07) is 0. The van der Waals surface area contributed by atoms with Crippen molar-refractivity contribution in [1.82, 2.24) is 4.90 Å². The number of carbonyl (C=O) groups is 1. The Labute approximate surface area is 83.4 Å². The summed E-state index contributed by atoms with van der Waals surface area (Å²) in [5.74, 6) is 0.173. The zero-order chi connectivity index (χ0) is 9.78. The van der Waals surface area contributed by atoms with Crippen LogP contribution in [0.3, 0.4) is 0 Å². The normalized spacial score (nSPS) is 11.4. The summed E-state index contributed by atoms with van der Waals surface area (Å²) in [5, 5.41) is 0. The van der Waals surface area contributed by atoms with Crippen LogP contribution in [0.4, 0.5) is 0 Å². The van der Waals surface area contributed by atoms with Crippen molar-refractivity contribution < 1.29 is 4.79 Å². The van der Waals surface area contributed by atoms with Crippen molar-refractivity contribution in [2.45, 2.75) is 38.4 Å². The molecule has 0 bridgehead atoms. The first kappa shape index (κ1) is 11.9. The van der Waals surface area contributed by atoms with Gasteiger partial charge in [0.05, 0.1) is 4.32 Å². The minimum Gasteiger partial charge on any atom is -0.342 e. The van der Waals surface area contributed by atoms with Gasteiger partial charge in [0, 0.05) is 13.1 Å². The molecule has 0 aromatic rings. The van der Waals surface area contributed by atoms with Gasteiger partial charge in [-0.2, -0.15) is 0 Å². The Morgan fingerprint density at radius 2 is 1.92 bits per heavy atom. The number of halogens is 1. The molecule has 0 unspecified atom stereocenters. The molecule has 2 nitrogen and oxygen atoms in total. The van der Waals surface area contributed by atoms with Crippen LogP contribution in [-0.4, -0.2) is 28.2 Å². The van der Waals surface area contributed by atoms with Crippen LogP contribution >= 0.6 is 15.9 Å². The summed E-state index contributed by atoms with van der Waals surface area (Å²) in [6.07, 6.45) is 1.02. The molecule has 0 saturated carbocycles. The molecule has 0 rings (SSSR count). The van der Waals surface area contributed by atoms with E-state index in [1.807, 2.05) is 25.7 Å². The van der Waals surface area contributed by atoms with E-state index in [2.05, 4.69) is 22.9 Å². The maximum absolute atomic E-state index is 11.7. The molecule has 0 aromatic carbocycles. The van der Waals surface area contributed by atoms with Gasteiger partial charge in [-0.25, -0.2) is 0 Å². The van der Waals surface area contributed by atoms with E-state index in [1.165, 1.54) is 0 Å². The summed E-state index contributed by atoms with van der Waals surface area (Å²) in [7, 11) is 0. The van der Waals surface area contributed by atoms with Gasteiger partial charge in [-0.1, -0.05) is 22.9 Å². The summed E-state index contributed by atoms with van der Waals surface area (Å²) >= 11 is 3.36. The average Bonchev–Trinajstić information content (AvgIpc) is 1.97. The monoisotopic (exact) mass is 235 g/mol. The van der Waals surface area contributed by atoms with Gasteiger partial charge < -0.3 is 4.90 Å². The van der Waals surface area contributed by atoms with Gasteiger partial charge in [0.1, 0.15) is 0 Å². The van der Waals surface area contributed by atoms with Gasteiger partial charge in [0.15, 0.2) is 0 Å². The zero-order valence-corrected chi connectivity index (χ0v) is 9.94. The van der Waals surface area contributed by atoms with E-state index in [0.717, 1.165) is 19.5 Å². The predicted octanol–water partition coefficient (Wildman–Crippen LogP) is 2.42. The molecule has 0 aliphatic heterocycles. The summed E-state index contributed by atoms with van der Waals surface area (Å²) in [5.41, 5.74) is 0. The van der Waals surface area contributed by atoms with Gasteiger partial charge in [-0.3, -0.25) is 4.79 Å². The van der Waals surface area contributed by atoms with Crippen LogP contribution in [0, 0.1) is 0 Å². The van der Waals surface area contributed by atoms with Gasteiger partial charge in [-0.15, -0.1) is 0 Å². The number of hydrogen-bond donors (Lipinski definition) is 0. The van der Waals surface area contributed by atoms with Crippen molar-refractivity contribution in [3.63, 3.8) is 0 Å². The topological polar surface area (TPSA) is 20.3 Å². The Balaban J connectivity index is 4.22. The van der Waals surface area contributed by atoms with Crippen LogP contribution in [0.2, 0.25) is 0 Å². The van der Waals surface area contributed by atoms with Gasteiger partial charge in [-0.05, 0) is 27.2 Å². The van der Waals surface area contributed by atoms with Crippen LogP contribution in [0.5, 0.6) is 0 Å². The lowest BCUT2D eigenvalue weighted by Crippen LogP contribution is -2.41. The van der Waals surface area contributed by atoms with Crippen LogP contribution < -0.4 is 0 Å². The lowest BCUT2D eigenvalue weighted by molar-refractivity contribution is -0.132. The lowest BCUT2D eigenvalue weighted by atomic mass is 10.2. The highest BCUT2D eigenvalue weighted by Gasteiger charge is 2.27. The molecule has 0 fully saturated rings. The predicted molar refractivity (Wildman–Crippen MR) is 55.6 cm³/mol. The van der Waals surface area contributed by atoms with Crippen LogP contribution in [-0.2, 0) is 4.79 Å². The average molecular weight is 236 g/mol. The molecule has 0 aliphatic rings. The molecule has 0 saturated heterocycles. The van der Waals surface area contributed by atoms with E-state index in [4.69, 9.17) is 0 Å². The second kappa shape index (κ2) is 4.85. The second-order valence-corrected chi connectivity index (χ2v) is 5.34. The van der Waals surface area contributed by atoms with E-state index in [9.17, 15) is 4.79 Å². The molecule has 72 valence electrons. The highest BCUT2D eigenvalue weighted by atomic mass is 79.9. The fraction of sp³-hybridized carbons (Fsp3) is 0.889. The van der Waals surface area contributed by atoms with Crippen molar-refractivity contribution in [2.24, 2.45) is 0 Å². The third kappa shape index (κ3) is 3.57. The third-order valence-corrected chi connectivity index (χ3v) is 2.01. The Hall–Kier alpha value is -0.0500. The first-order chi connectivity index (χ1) is 5.43. The Kier molecular flexibility index (Phi) is 4.83. The van der Waals surface area contributed by atoms with Crippen molar-refractivity contribution in [1.29, 1.82) is 0 Å². The molecule has 0 spiro atoms. The minimum atomic E-state index is -0.418. The number of alkyl halides is 1. The van der Waals surface area contributed by atoms with E-state index >= 15 is 0 Å². The van der Waals surface area contributed by atoms with Crippen LogP contribution in [0.1, 0.15) is 34.1 Å². The Bertz CT molecular complexity index is 151. The fourth-order valence-corrected chi connectivity index (χ4v) is 1.30. The van der Waals surface area contributed by atoms with Crippen LogP contribution in [0.25, 0.3) is 0 Å². The molecule has 0 aliphatic carbocycles. The van der Waals surface area contributed by atoms with Crippen molar-refractivity contribution in [2.75, 3.05) is 13.1 Å². The molecule has 0 N–H and O–H groups in total. The number of carbonyl (C=O) groups excluding carboxylic acids is 1. The summed E-state index contributed by atoms with van der Waals surface area (Å²) in [4.78, 5) is 13.5. The maximum atomic E-state index is 11.7. The molecule has 0 atom stereocenters. The zero-order valence-electron chi connectivity index (χ0n) is 8.35. The van der Waals surface area contributed by atoms with Crippen LogP contribution in [0.15, 0.2) is 0 Å². The molecular weight excluding hydrogens is 218 g/mol. The maximum Gasteiger partial charge on any atom is 0.238 e. The summed E-state index contributed by atoms with van der Waals surface area (Å²) in [6.45, 7) is 9.50. The molecule has 1 amide bonds. The lowest BCUT2D eigenvalue weighted by Gasteiger charge is -2.26. The van der Waals surface area contributed by atoms with Gasteiger partial charge >= 0.3 is 0 Å². The molecule has 3 heteroatoms. The molecule has 0 aromatic heterocycles. The van der Waals surface area contributed by atoms with Crippen molar-refractivity contribution in [3.8, 4) is 0 Å². The molecule has 12 heavy (non-hydrogen) atoms. The fourth-order valence-electron chi connectivity index (χ4n) is 1.05. The summed E-state index contributed by atoms with van der Waals surface area (Å²) < 4.78 is -0.418. The van der Waals surface area contributed by atoms with Gasteiger partial charge in [0.25, 0.3) is 0 Å². The largest absolute Gasteiger partial charge is 0.342 e. The Morgan fingerprint density at radius 1 is 1.42 bits per heavy atom. The minimum absolute atomic E-state index is 0.173. The first-order valence-corrected chi connectivity index (χ1v) is 5.21. The van der Waals surface area contributed by atoms with Crippen molar-refractivity contribution >= 4 is 21.8 Å². The quantitative estimate of drug-likeness (QED) is 0.686. The standard InChI is InChI=1S/C9H18BrNO/c1-5-7-11(6-2)8(12)9(3,4)10/h5-7H2,1-4H3. The molecular formula is C9H18BrNO. The number of amides is 1. The van der Waals surface area contributed by atoms with E-state index in [-0.39, 0.29) is 5.91 Å². The molecule has 0 radical (unpaired) electrons. The SMILES string of the molecule is CCCN(CC)C(=O)C(C)(C)Br. The van der Waals surface area contributed by atoms with E-state index in [1.54, 1.807) is 0 Å². The highest BCUT2D eigenvalue weighted by Crippen LogP contribution is 2.19.